The van der Waals surface area contributed by atoms with E-state index in [4.69, 9.17) is 11.6 Å². The molecule has 1 unspecified atom stereocenters. The molecule has 2 aromatic rings. The SMILES string of the molecule is Cc1ccc(S(=O)(=O)NC(C)(CBr)c2ccc(Cl)cc2)cc1. The van der Waals surface area contributed by atoms with Crippen LogP contribution in [0.4, 0.5) is 0 Å². The van der Waals surface area contributed by atoms with Gasteiger partial charge in [0.1, 0.15) is 0 Å². The van der Waals surface area contributed by atoms with E-state index in [0.29, 0.717) is 10.4 Å². The van der Waals surface area contributed by atoms with Crippen LogP contribution >= 0.6 is 27.5 Å². The molecule has 0 bridgehead atoms. The molecule has 1 N–H and O–H groups in total. The smallest absolute Gasteiger partial charge is 0.207 e. The fourth-order valence-corrected chi connectivity index (χ4v) is 4.22. The first-order chi connectivity index (χ1) is 10.3. The Bertz CT molecular complexity index is 745. The second kappa shape index (κ2) is 6.71. The molecule has 22 heavy (non-hydrogen) atoms. The molecule has 0 saturated heterocycles. The summed E-state index contributed by atoms with van der Waals surface area (Å²) in [4.78, 5) is 0.249. The van der Waals surface area contributed by atoms with Gasteiger partial charge < -0.3 is 0 Å². The third kappa shape index (κ3) is 3.90. The monoisotopic (exact) mass is 401 g/mol. The number of nitrogens with one attached hydrogen (secondary N) is 1. The molecule has 0 heterocycles. The topological polar surface area (TPSA) is 46.2 Å². The van der Waals surface area contributed by atoms with Crippen LogP contribution in [0.5, 0.6) is 0 Å². The van der Waals surface area contributed by atoms with E-state index < -0.39 is 15.6 Å². The second-order valence-electron chi connectivity index (χ2n) is 5.39. The summed E-state index contributed by atoms with van der Waals surface area (Å²) >= 11 is 9.30. The molecule has 6 heteroatoms. The Hall–Kier alpha value is -0.880. The van der Waals surface area contributed by atoms with Crippen molar-refractivity contribution in [3.63, 3.8) is 0 Å². The van der Waals surface area contributed by atoms with Crippen molar-refractivity contribution in [2.75, 3.05) is 5.33 Å². The summed E-state index contributed by atoms with van der Waals surface area (Å²) < 4.78 is 28.0. The standard InChI is InChI=1S/C16H17BrClNO2S/c1-12-3-9-15(10-4-12)22(20,21)19-16(2,11-17)13-5-7-14(18)8-6-13/h3-10,19H,11H2,1-2H3. The van der Waals surface area contributed by atoms with Crippen LogP contribution in [0.1, 0.15) is 18.1 Å². The van der Waals surface area contributed by atoms with Gasteiger partial charge in [0.2, 0.25) is 10.0 Å². The number of hydrogen-bond donors (Lipinski definition) is 1. The molecule has 0 aromatic heterocycles. The van der Waals surface area contributed by atoms with Gasteiger partial charge in [0.25, 0.3) is 0 Å². The number of sulfonamides is 1. The zero-order valence-electron chi connectivity index (χ0n) is 12.3. The molecule has 0 saturated carbocycles. The van der Waals surface area contributed by atoms with Crippen LogP contribution in [0, 0.1) is 6.92 Å². The third-order valence-corrected chi connectivity index (χ3v) is 6.42. The maximum atomic E-state index is 12.6. The Morgan fingerprint density at radius 1 is 1.09 bits per heavy atom. The van der Waals surface area contributed by atoms with Gasteiger partial charge in [-0.1, -0.05) is 57.4 Å². The Labute approximate surface area is 144 Å². The molecular formula is C16H17BrClNO2S. The molecule has 2 rings (SSSR count). The first-order valence-corrected chi connectivity index (χ1v) is 9.68. The van der Waals surface area contributed by atoms with Gasteiger partial charge in [0.15, 0.2) is 0 Å². The van der Waals surface area contributed by atoms with Crippen LogP contribution in [0.25, 0.3) is 0 Å². The van der Waals surface area contributed by atoms with Gasteiger partial charge in [0, 0.05) is 10.4 Å². The van der Waals surface area contributed by atoms with E-state index in [1.807, 2.05) is 26.0 Å². The lowest BCUT2D eigenvalue weighted by atomic mass is 9.96. The van der Waals surface area contributed by atoms with Crippen LogP contribution in [0.15, 0.2) is 53.4 Å². The summed E-state index contributed by atoms with van der Waals surface area (Å²) in [5.41, 5.74) is 1.08. The first-order valence-electron chi connectivity index (χ1n) is 6.69. The van der Waals surface area contributed by atoms with E-state index in [2.05, 4.69) is 20.7 Å². The van der Waals surface area contributed by atoms with Gasteiger partial charge >= 0.3 is 0 Å². The fraction of sp³-hybridized carbons (Fsp3) is 0.250. The molecular weight excluding hydrogens is 386 g/mol. The van der Waals surface area contributed by atoms with Crippen LogP contribution < -0.4 is 4.72 Å². The lowest BCUT2D eigenvalue weighted by Crippen LogP contribution is -2.44. The molecule has 1 atom stereocenters. The zero-order valence-corrected chi connectivity index (χ0v) is 15.5. The highest BCUT2D eigenvalue weighted by molar-refractivity contribution is 9.09. The predicted molar refractivity (Wildman–Crippen MR) is 94.1 cm³/mol. The first kappa shape index (κ1) is 17.5. The highest BCUT2D eigenvalue weighted by Gasteiger charge is 2.31. The average Bonchev–Trinajstić information content (AvgIpc) is 2.47. The molecule has 0 radical (unpaired) electrons. The number of rotatable bonds is 5. The van der Waals surface area contributed by atoms with Crippen LogP contribution in [-0.2, 0) is 15.6 Å². The summed E-state index contributed by atoms with van der Waals surface area (Å²) in [6.07, 6.45) is 0. The Morgan fingerprint density at radius 2 is 1.64 bits per heavy atom. The summed E-state index contributed by atoms with van der Waals surface area (Å²) in [5, 5.41) is 1.05. The molecule has 118 valence electrons. The molecule has 0 fully saturated rings. The highest BCUT2D eigenvalue weighted by Crippen LogP contribution is 2.27. The van der Waals surface area contributed by atoms with Crippen LogP contribution in [0.2, 0.25) is 5.02 Å². The fourth-order valence-electron chi connectivity index (χ4n) is 2.05. The van der Waals surface area contributed by atoms with Gasteiger partial charge in [-0.3, -0.25) is 0 Å². The van der Waals surface area contributed by atoms with E-state index in [1.54, 1.807) is 36.4 Å². The number of benzene rings is 2. The van der Waals surface area contributed by atoms with E-state index in [0.717, 1.165) is 11.1 Å². The maximum absolute atomic E-state index is 12.6. The van der Waals surface area contributed by atoms with Gasteiger partial charge in [0.05, 0.1) is 10.4 Å². The summed E-state index contributed by atoms with van der Waals surface area (Å²) in [5.74, 6) is 0. The summed E-state index contributed by atoms with van der Waals surface area (Å²) in [6.45, 7) is 3.75. The molecule has 0 aliphatic heterocycles. The van der Waals surface area contributed by atoms with E-state index in [-0.39, 0.29) is 4.90 Å². The van der Waals surface area contributed by atoms with Gasteiger partial charge in [-0.15, -0.1) is 0 Å². The molecule has 0 aliphatic rings. The Kier molecular flexibility index (Phi) is 5.33. The van der Waals surface area contributed by atoms with Crippen molar-refractivity contribution < 1.29 is 8.42 Å². The summed E-state index contributed by atoms with van der Waals surface area (Å²) in [7, 11) is -3.62. The zero-order chi connectivity index (χ0) is 16.4. The Balaban J connectivity index is 2.36. The van der Waals surface area contributed by atoms with Crippen molar-refractivity contribution in [3.05, 3.63) is 64.7 Å². The average molecular weight is 403 g/mol. The van der Waals surface area contributed by atoms with Crippen molar-refractivity contribution in [2.45, 2.75) is 24.3 Å². The summed E-state index contributed by atoms with van der Waals surface area (Å²) in [6, 6.07) is 13.9. The number of hydrogen-bond acceptors (Lipinski definition) is 2. The van der Waals surface area contributed by atoms with Crippen molar-refractivity contribution in [2.24, 2.45) is 0 Å². The molecule has 0 amide bonds. The second-order valence-corrected chi connectivity index (χ2v) is 8.07. The van der Waals surface area contributed by atoms with E-state index in [1.165, 1.54) is 0 Å². The third-order valence-electron chi connectivity index (χ3n) is 3.44. The minimum Gasteiger partial charge on any atom is -0.207 e. The van der Waals surface area contributed by atoms with Crippen LogP contribution in [0.3, 0.4) is 0 Å². The van der Waals surface area contributed by atoms with Crippen molar-refractivity contribution in [3.8, 4) is 0 Å². The maximum Gasteiger partial charge on any atom is 0.241 e. The number of aryl methyl sites for hydroxylation is 1. The molecule has 0 aliphatic carbocycles. The van der Waals surface area contributed by atoms with E-state index >= 15 is 0 Å². The van der Waals surface area contributed by atoms with Gasteiger partial charge in [-0.25, -0.2) is 13.1 Å². The number of alkyl halides is 1. The van der Waals surface area contributed by atoms with Crippen molar-refractivity contribution in [1.82, 2.24) is 4.72 Å². The lowest BCUT2D eigenvalue weighted by Gasteiger charge is -2.29. The minimum atomic E-state index is -3.62. The highest BCUT2D eigenvalue weighted by atomic mass is 79.9. The Morgan fingerprint density at radius 3 is 2.14 bits per heavy atom. The van der Waals surface area contributed by atoms with E-state index in [9.17, 15) is 8.42 Å². The predicted octanol–water partition coefficient (Wildman–Crippen LogP) is 4.24. The molecule has 3 nitrogen and oxygen atoms in total. The van der Waals surface area contributed by atoms with Crippen molar-refractivity contribution >= 4 is 37.6 Å². The molecule has 2 aromatic carbocycles. The normalized spacial score (nSPS) is 14.5. The van der Waals surface area contributed by atoms with Gasteiger partial charge in [-0.05, 0) is 43.7 Å². The number of halogens is 2. The van der Waals surface area contributed by atoms with Crippen molar-refractivity contribution in [1.29, 1.82) is 0 Å². The largest absolute Gasteiger partial charge is 0.241 e. The molecule has 0 spiro atoms. The van der Waals surface area contributed by atoms with Crippen LogP contribution in [-0.4, -0.2) is 13.7 Å². The quantitative estimate of drug-likeness (QED) is 0.760. The van der Waals surface area contributed by atoms with Gasteiger partial charge in [-0.2, -0.15) is 0 Å². The lowest BCUT2D eigenvalue weighted by molar-refractivity contribution is 0.482. The minimum absolute atomic E-state index is 0.249.